The second-order valence-electron chi connectivity index (χ2n) is 11.3. The van der Waals surface area contributed by atoms with Crippen molar-refractivity contribution in [2.75, 3.05) is 0 Å². The number of hydrogen-bond acceptors (Lipinski definition) is 5. The summed E-state index contributed by atoms with van der Waals surface area (Å²) in [7, 11) is 0. The molecule has 0 spiro atoms. The van der Waals surface area contributed by atoms with E-state index in [1.807, 2.05) is 22.8 Å². The van der Waals surface area contributed by atoms with Crippen molar-refractivity contribution in [1.29, 1.82) is 0 Å². The van der Waals surface area contributed by atoms with Crippen LogP contribution in [0.5, 0.6) is 0 Å². The molecule has 3 heterocycles. The number of nitrogens with zero attached hydrogens (tertiary/aromatic N) is 5. The minimum absolute atomic E-state index is 0.0591. The van der Waals surface area contributed by atoms with Crippen molar-refractivity contribution < 1.29 is 5.11 Å². The van der Waals surface area contributed by atoms with Crippen molar-refractivity contribution >= 4 is 5.78 Å². The van der Waals surface area contributed by atoms with Gasteiger partial charge in [0.15, 0.2) is 0 Å². The van der Waals surface area contributed by atoms with Crippen molar-refractivity contribution in [2.24, 2.45) is 23.2 Å². The fourth-order valence-electron chi connectivity index (χ4n) is 8.16. The highest BCUT2D eigenvalue weighted by Crippen LogP contribution is 2.64. The third kappa shape index (κ3) is 2.59. The van der Waals surface area contributed by atoms with Crippen LogP contribution in [0.3, 0.4) is 0 Å². The first-order valence-electron chi connectivity index (χ1n) is 12.5. The lowest BCUT2D eigenvalue weighted by molar-refractivity contribution is -0.0169. The van der Waals surface area contributed by atoms with Gasteiger partial charge in [0.1, 0.15) is 6.33 Å². The Balaban J connectivity index is 1.37. The van der Waals surface area contributed by atoms with Crippen LogP contribution >= 0.6 is 0 Å². The molecule has 0 aromatic carbocycles. The van der Waals surface area contributed by atoms with Gasteiger partial charge < -0.3 is 5.11 Å². The highest BCUT2D eigenvalue weighted by molar-refractivity contribution is 5.65. The molecule has 6 atom stereocenters. The van der Waals surface area contributed by atoms with Crippen molar-refractivity contribution in [3.05, 3.63) is 53.6 Å². The minimum Gasteiger partial charge on any atom is -0.393 e. The fraction of sp³-hybridized carbons (Fsp3) is 0.556. The van der Waals surface area contributed by atoms with Gasteiger partial charge in [-0.2, -0.15) is 14.6 Å². The molecule has 2 fully saturated rings. The predicted octanol–water partition coefficient (Wildman–Crippen LogP) is 4.52. The first-order valence-corrected chi connectivity index (χ1v) is 12.5. The van der Waals surface area contributed by atoms with E-state index in [2.05, 4.69) is 36.1 Å². The van der Waals surface area contributed by atoms with Crippen LogP contribution in [0.25, 0.3) is 17.2 Å². The molecule has 170 valence electrons. The summed E-state index contributed by atoms with van der Waals surface area (Å²) in [5, 5.41) is 14.8. The van der Waals surface area contributed by atoms with Gasteiger partial charge in [0.25, 0.3) is 5.78 Å². The Kier molecular flexibility index (Phi) is 4.04. The summed E-state index contributed by atoms with van der Waals surface area (Å²) >= 11 is 0. The van der Waals surface area contributed by atoms with Crippen molar-refractivity contribution in [3.8, 4) is 11.4 Å². The molecular formula is C27H31N5O. The van der Waals surface area contributed by atoms with Crippen LogP contribution in [0.1, 0.15) is 63.6 Å². The maximum atomic E-state index is 10.3. The van der Waals surface area contributed by atoms with E-state index < -0.39 is 0 Å². The Morgan fingerprint density at radius 3 is 2.76 bits per heavy atom. The predicted molar refractivity (Wildman–Crippen MR) is 125 cm³/mol. The van der Waals surface area contributed by atoms with Gasteiger partial charge in [-0.1, -0.05) is 31.6 Å². The zero-order valence-electron chi connectivity index (χ0n) is 19.4. The Hall–Kier alpha value is -2.60. The monoisotopic (exact) mass is 441 g/mol. The molecule has 6 heteroatoms. The first-order chi connectivity index (χ1) is 16.0. The molecule has 4 aliphatic carbocycles. The third-order valence-electron chi connectivity index (χ3n) is 9.87. The van der Waals surface area contributed by atoms with Gasteiger partial charge in [0.05, 0.1) is 23.2 Å². The maximum Gasteiger partial charge on any atom is 0.253 e. The molecule has 33 heavy (non-hydrogen) atoms. The van der Waals surface area contributed by atoms with Crippen LogP contribution in [0.4, 0.5) is 0 Å². The van der Waals surface area contributed by atoms with E-state index in [1.54, 1.807) is 6.33 Å². The van der Waals surface area contributed by atoms with E-state index in [-0.39, 0.29) is 16.9 Å². The van der Waals surface area contributed by atoms with Gasteiger partial charge in [-0.15, -0.1) is 0 Å². The summed E-state index contributed by atoms with van der Waals surface area (Å²) < 4.78 is 1.89. The largest absolute Gasteiger partial charge is 0.393 e. The molecule has 0 aliphatic heterocycles. The Bertz CT molecular complexity index is 1280. The summed E-state index contributed by atoms with van der Waals surface area (Å²) in [4.78, 5) is 14.3. The molecule has 7 rings (SSSR count). The fourth-order valence-corrected chi connectivity index (χ4v) is 8.16. The van der Waals surface area contributed by atoms with Gasteiger partial charge in [0.2, 0.25) is 0 Å². The normalized spacial score (nSPS) is 37.1. The molecule has 0 radical (unpaired) electrons. The standard InChI is InChI=1S/C27H31N5O/c1-26-10-8-17(33)13-16(26)6-7-18-20(26)9-11-27(2)21(18)14-19-23(22-5-3-4-12-28-22)32-25(29-15-30-32)31-24(19)27/h3-6,12,15,17-18,20-21,33H,7-11,13-14H2,1-2H3/t17-,18?,20?,21?,26-,27-/m0/s1. The topological polar surface area (TPSA) is 76.2 Å². The zero-order valence-corrected chi connectivity index (χ0v) is 19.4. The summed E-state index contributed by atoms with van der Waals surface area (Å²) in [6.07, 6.45) is 13.3. The number of aliphatic hydroxyl groups is 1. The van der Waals surface area contributed by atoms with E-state index in [4.69, 9.17) is 9.97 Å². The molecule has 3 unspecified atom stereocenters. The molecule has 2 saturated carbocycles. The number of fused-ring (bicyclic) bond motifs is 8. The zero-order chi connectivity index (χ0) is 22.4. The Morgan fingerprint density at radius 2 is 1.91 bits per heavy atom. The number of rotatable bonds is 1. The highest BCUT2D eigenvalue weighted by atomic mass is 16.3. The van der Waals surface area contributed by atoms with Crippen LogP contribution in [0.2, 0.25) is 0 Å². The smallest absolute Gasteiger partial charge is 0.253 e. The van der Waals surface area contributed by atoms with E-state index >= 15 is 0 Å². The molecule has 0 bridgehead atoms. The van der Waals surface area contributed by atoms with E-state index in [0.29, 0.717) is 23.5 Å². The minimum atomic E-state index is -0.153. The molecule has 3 aromatic heterocycles. The summed E-state index contributed by atoms with van der Waals surface area (Å²) in [5.74, 6) is 2.59. The molecule has 1 N–H and O–H groups in total. The van der Waals surface area contributed by atoms with Crippen molar-refractivity contribution in [3.63, 3.8) is 0 Å². The summed E-state index contributed by atoms with van der Waals surface area (Å²) in [6, 6.07) is 6.08. The van der Waals surface area contributed by atoms with Crippen LogP contribution in [-0.2, 0) is 11.8 Å². The van der Waals surface area contributed by atoms with Gasteiger partial charge in [-0.25, -0.2) is 4.98 Å². The van der Waals surface area contributed by atoms with E-state index in [1.165, 1.54) is 23.3 Å². The van der Waals surface area contributed by atoms with Crippen LogP contribution in [0, 0.1) is 23.2 Å². The van der Waals surface area contributed by atoms with Crippen LogP contribution in [0.15, 0.2) is 42.4 Å². The second kappa shape index (κ2) is 6.72. The summed E-state index contributed by atoms with van der Waals surface area (Å²) in [6.45, 7) is 4.94. The summed E-state index contributed by atoms with van der Waals surface area (Å²) in [5.41, 5.74) is 6.39. The van der Waals surface area contributed by atoms with E-state index in [9.17, 15) is 5.11 Å². The van der Waals surface area contributed by atoms with Crippen molar-refractivity contribution in [1.82, 2.24) is 24.6 Å². The highest BCUT2D eigenvalue weighted by Gasteiger charge is 2.58. The second-order valence-corrected chi connectivity index (χ2v) is 11.3. The number of aliphatic hydroxyl groups excluding tert-OH is 1. The lowest BCUT2D eigenvalue weighted by Gasteiger charge is -2.57. The van der Waals surface area contributed by atoms with Gasteiger partial charge >= 0.3 is 0 Å². The number of aromatic nitrogens is 5. The Morgan fingerprint density at radius 1 is 1.03 bits per heavy atom. The SMILES string of the molecule is C[C@]12CC[C@H](O)CC1=CCC1C2CC[C@]2(C)c3nc4ncnn4c(-c4ccccn4)c3CC12. The molecular weight excluding hydrogens is 410 g/mol. The van der Waals surface area contributed by atoms with Crippen LogP contribution in [-0.4, -0.2) is 35.8 Å². The molecule has 0 amide bonds. The van der Waals surface area contributed by atoms with Gasteiger partial charge in [-0.3, -0.25) is 4.98 Å². The van der Waals surface area contributed by atoms with Crippen molar-refractivity contribution in [2.45, 2.75) is 70.3 Å². The van der Waals surface area contributed by atoms with Crippen LogP contribution < -0.4 is 0 Å². The molecule has 4 aliphatic rings. The quantitative estimate of drug-likeness (QED) is 0.562. The lowest BCUT2D eigenvalue weighted by atomic mass is 9.48. The molecule has 6 nitrogen and oxygen atoms in total. The Labute approximate surface area is 194 Å². The first kappa shape index (κ1) is 19.8. The maximum absolute atomic E-state index is 10.3. The average Bonchev–Trinajstić information content (AvgIpc) is 3.41. The lowest BCUT2D eigenvalue weighted by Crippen LogP contribution is -2.51. The average molecular weight is 442 g/mol. The number of allylic oxidation sites excluding steroid dienone is 1. The molecule has 0 saturated heterocycles. The van der Waals surface area contributed by atoms with Gasteiger partial charge in [-0.05, 0) is 80.2 Å². The number of hydrogen-bond donors (Lipinski definition) is 1. The van der Waals surface area contributed by atoms with E-state index in [0.717, 1.165) is 49.9 Å². The van der Waals surface area contributed by atoms with Gasteiger partial charge in [0, 0.05) is 17.2 Å². The number of pyridine rings is 1. The third-order valence-corrected chi connectivity index (χ3v) is 9.87. The molecule has 3 aromatic rings.